The number of benzene rings is 1. The smallest absolute Gasteiger partial charge is 0.252 e. The number of hydrogen-bond acceptors (Lipinski definition) is 5. The number of carbonyl (C=O) groups is 2. The molecule has 3 rings (SSSR count). The highest BCUT2D eigenvalue weighted by Crippen LogP contribution is 2.29. The standard InChI is InChI=1S/C19H20Cl3N3O3S/c20-9-17(26)19(28)24-5-6-25(12-3-4-14(21)15(22)8-12)16(11-24)18(27)23-10-13-2-1-7-29-13/h1-4,7-8,16-17,26H,5-6,9-11H2,(H,23,27)/t16-,17?/m0/s1. The number of hydrogen-bond donors (Lipinski definition) is 2. The second-order valence-corrected chi connectivity index (χ2v) is 8.71. The molecule has 10 heteroatoms. The molecule has 6 nitrogen and oxygen atoms in total. The Hall–Kier alpha value is -1.51. The van der Waals surface area contributed by atoms with Crippen LogP contribution in [0, 0.1) is 0 Å². The Kier molecular flexibility index (Phi) is 7.65. The van der Waals surface area contributed by atoms with Crippen molar-refractivity contribution in [2.24, 2.45) is 0 Å². The first-order valence-electron chi connectivity index (χ1n) is 8.95. The van der Waals surface area contributed by atoms with E-state index in [0.29, 0.717) is 29.7 Å². The third-order valence-electron chi connectivity index (χ3n) is 4.68. The van der Waals surface area contributed by atoms with Gasteiger partial charge in [-0.15, -0.1) is 22.9 Å². The molecular weight excluding hydrogens is 457 g/mol. The molecule has 0 saturated carbocycles. The Balaban J connectivity index is 1.80. The number of alkyl halides is 1. The number of anilines is 1. The zero-order valence-electron chi connectivity index (χ0n) is 15.4. The van der Waals surface area contributed by atoms with Gasteiger partial charge in [-0.25, -0.2) is 0 Å². The Bertz CT molecular complexity index is 866. The van der Waals surface area contributed by atoms with E-state index in [9.17, 15) is 14.7 Å². The average Bonchev–Trinajstić information content (AvgIpc) is 3.26. The Morgan fingerprint density at radius 3 is 2.69 bits per heavy atom. The topological polar surface area (TPSA) is 72.9 Å². The lowest BCUT2D eigenvalue weighted by Crippen LogP contribution is -2.61. The van der Waals surface area contributed by atoms with Gasteiger partial charge in [0, 0.05) is 23.7 Å². The van der Waals surface area contributed by atoms with Gasteiger partial charge in [0.05, 0.1) is 29.0 Å². The minimum absolute atomic E-state index is 0.128. The van der Waals surface area contributed by atoms with Gasteiger partial charge in [-0.1, -0.05) is 29.3 Å². The summed E-state index contributed by atoms with van der Waals surface area (Å²) in [7, 11) is 0. The highest BCUT2D eigenvalue weighted by molar-refractivity contribution is 7.09. The van der Waals surface area contributed by atoms with E-state index in [-0.39, 0.29) is 18.3 Å². The van der Waals surface area contributed by atoms with Crippen LogP contribution < -0.4 is 10.2 Å². The van der Waals surface area contributed by atoms with Gasteiger partial charge in [-0.2, -0.15) is 0 Å². The zero-order chi connectivity index (χ0) is 21.0. The van der Waals surface area contributed by atoms with Gasteiger partial charge in [-0.3, -0.25) is 9.59 Å². The van der Waals surface area contributed by atoms with E-state index in [1.165, 1.54) is 4.90 Å². The SMILES string of the molecule is O=C(NCc1cccs1)[C@@H]1CN(C(=O)C(O)CCl)CCN1c1ccc(Cl)c(Cl)c1. The first kappa shape index (κ1) is 22.2. The lowest BCUT2D eigenvalue weighted by atomic mass is 10.1. The molecule has 0 radical (unpaired) electrons. The van der Waals surface area contributed by atoms with E-state index in [4.69, 9.17) is 34.8 Å². The van der Waals surface area contributed by atoms with Crippen molar-refractivity contribution in [3.05, 3.63) is 50.6 Å². The van der Waals surface area contributed by atoms with Gasteiger partial charge in [-0.05, 0) is 29.6 Å². The van der Waals surface area contributed by atoms with Gasteiger partial charge in [0.1, 0.15) is 12.1 Å². The van der Waals surface area contributed by atoms with Crippen molar-refractivity contribution in [3.8, 4) is 0 Å². The maximum Gasteiger partial charge on any atom is 0.252 e. The number of nitrogens with zero attached hydrogens (tertiary/aromatic N) is 2. The molecule has 0 aliphatic carbocycles. The van der Waals surface area contributed by atoms with Crippen LogP contribution in [0.4, 0.5) is 5.69 Å². The normalized spacial score (nSPS) is 17.9. The number of halogens is 3. The van der Waals surface area contributed by atoms with E-state index in [0.717, 1.165) is 10.6 Å². The molecule has 1 aromatic carbocycles. The molecule has 1 aromatic heterocycles. The van der Waals surface area contributed by atoms with Crippen LogP contribution in [-0.4, -0.2) is 59.5 Å². The largest absolute Gasteiger partial charge is 0.382 e. The third-order valence-corrected chi connectivity index (χ3v) is 6.59. The molecule has 1 fully saturated rings. The molecule has 0 bridgehead atoms. The second kappa shape index (κ2) is 10.00. The Labute approximate surface area is 188 Å². The van der Waals surface area contributed by atoms with E-state index < -0.39 is 18.1 Å². The summed E-state index contributed by atoms with van der Waals surface area (Å²) >= 11 is 19.3. The molecule has 29 heavy (non-hydrogen) atoms. The fraction of sp³-hybridized carbons (Fsp3) is 0.368. The maximum atomic E-state index is 13.0. The van der Waals surface area contributed by atoms with Crippen LogP contribution in [0.25, 0.3) is 0 Å². The van der Waals surface area contributed by atoms with Crippen LogP contribution in [-0.2, 0) is 16.1 Å². The van der Waals surface area contributed by atoms with Crippen LogP contribution in [0.2, 0.25) is 10.0 Å². The summed E-state index contributed by atoms with van der Waals surface area (Å²) in [5.74, 6) is -0.895. The predicted octanol–water partition coefficient (Wildman–Crippen LogP) is 2.99. The first-order valence-corrected chi connectivity index (χ1v) is 11.1. The fourth-order valence-corrected chi connectivity index (χ4v) is 4.23. The van der Waals surface area contributed by atoms with Gasteiger partial charge >= 0.3 is 0 Å². The monoisotopic (exact) mass is 475 g/mol. The van der Waals surface area contributed by atoms with Crippen molar-refractivity contribution in [3.63, 3.8) is 0 Å². The molecule has 156 valence electrons. The van der Waals surface area contributed by atoms with Crippen molar-refractivity contribution in [2.45, 2.75) is 18.7 Å². The molecule has 2 atom stereocenters. The summed E-state index contributed by atoms with van der Waals surface area (Å²) in [4.78, 5) is 29.8. The molecular formula is C19H20Cl3N3O3S. The highest BCUT2D eigenvalue weighted by atomic mass is 35.5. The number of nitrogens with one attached hydrogen (secondary N) is 1. The molecule has 0 spiro atoms. The minimum atomic E-state index is -1.29. The van der Waals surface area contributed by atoms with Crippen molar-refractivity contribution in [2.75, 3.05) is 30.4 Å². The highest BCUT2D eigenvalue weighted by Gasteiger charge is 2.36. The summed E-state index contributed by atoms with van der Waals surface area (Å²) in [6.07, 6.45) is -1.29. The van der Waals surface area contributed by atoms with Gasteiger partial charge < -0.3 is 20.2 Å². The molecule has 2 aromatic rings. The van der Waals surface area contributed by atoms with E-state index in [1.54, 1.807) is 29.5 Å². The molecule has 2 amide bonds. The van der Waals surface area contributed by atoms with Crippen LogP contribution in [0.3, 0.4) is 0 Å². The Morgan fingerprint density at radius 1 is 1.24 bits per heavy atom. The number of carbonyl (C=O) groups excluding carboxylic acids is 2. The predicted molar refractivity (Wildman–Crippen MR) is 117 cm³/mol. The lowest BCUT2D eigenvalue weighted by Gasteiger charge is -2.42. The third kappa shape index (κ3) is 5.35. The summed E-state index contributed by atoms with van der Waals surface area (Å²) < 4.78 is 0. The lowest BCUT2D eigenvalue weighted by molar-refractivity contribution is -0.140. The summed E-state index contributed by atoms with van der Waals surface area (Å²) in [6, 6.07) is 8.38. The van der Waals surface area contributed by atoms with Crippen molar-refractivity contribution in [1.29, 1.82) is 0 Å². The summed E-state index contributed by atoms with van der Waals surface area (Å²) in [5, 5.41) is 15.5. The van der Waals surface area contributed by atoms with E-state index in [2.05, 4.69) is 5.32 Å². The number of piperazine rings is 1. The van der Waals surface area contributed by atoms with Gasteiger partial charge in [0.2, 0.25) is 5.91 Å². The Morgan fingerprint density at radius 2 is 2.03 bits per heavy atom. The van der Waals surface area contributed by atoms with Crippen molar-refractivity contribution < 1.29 is 14.7 Å². The first-order chi connectivity index (χ1) is 13.9. The van der Waals surface area contributed by atoms with Crippen LogP contribution in [0.5, 0.6) is 0 Å². The van der Waals surface area contributed by atoms with Crippen molar-refractivity contribution >= 4 is 63.6 Å². The van der Waals surface area contributed by atoms with Gasteiger partial charge in [0.25, 0.3) is 5.91 Å². The van der Waals surface area contributed by atoms with Crippen LogP contribution >= 0.6 is 46.1 Å². The van der Waals surface area contributed by atoms with Crippen LogP contribution in [0.1, 0.15) is 4.88 Å². The fourth-order valence-electron chi connectivity index (χ4n) is 3.16. The molecule has 1 aliphatic rings. The maximum absolute atomic E-state index is 13.0. The number of aliphatic hydroxyl groups excluding tert-OH is 1. The van der Waals surface area contributed by atoms with E-state index in [1.807, 2.05) is 22.4 Å². The number of rotatable bonds is 6. The molecule has 2 heterocycles. The van der Waals surface area contributed by atoms with Crippen molar-refractivity contribution in [1.82, 2.24) is 10.2 Å². The van der Waals surface area contributed by atoms with Gasteiger partial charge in [0.15, 0.2) is 0 Å². The number of thiophene rings is 1. The summed E-state index contributed by atoms with van der Waals surface area (Å²) in [6.45, 7) is 1.28. The molecule has 1 unspecified atom stereocenters. The van der Waals surface area contributed by atoms with E-state index >= 15 is 0 Å². The average molecular weight is 477 g/mol. The zero-order valence-corrected chi connectivity index (χ0v) is 18.4. The second-order valence-electron chi connectivity index (χ2n) is 6.56. The van der Waals surface area contributed by atoms with Crippen LogP contribution in [0.15, 0.2) is 35.7 Å². The number of aliphatic hydroxyl groups is 1. The number of amides is 2. The molecule has 1 aliphatic heterocycles. The summed E-state index contributed by atoms with van der Waals surface area (Å²) in [5.41, 5.74) is 0.737. The molecule has 1 saturated heterocycles. The quantitative estimate of drug-likeness (QED) is 0.629. The minimum Gasteiger partial charge on any atom is -0.382 e. The molecule has 2 N–H and O–H groups in total.